The van der Waals surface area contributed by atoms with Crippen LogP contribution in [0.25, 0.3) is 22.4 Å². The molecule has 2 aromatic heterocycles. The highest BCUT2D eigenvalue weighted by Crippen LogP contribution is 2.32. The summed E-state index contributed by atoms with van der Waals surface area (Å²) in [6.45, 7) is -0.283. The van der Waals surface area contributed by atoms with Crippen molar-refractivity contribution in [2.45, 2.75) is 0 Å². The molecule has 7 nitrogen and oxygen atoms in total. The maximum absolute atomic E-state index is 13.6. The van der Waals surface area contributed by atoms with E-state index in [4.69, 9.17) is 21.1 Å². The van der Waals surface area contributed by atoms with E-state index in [1.165, 1.54) is 38.5 Å². The first-order valence-corrected chi connectivity index (χ1v) is 11.2. The zero-order chi connectivity index (χ0) is 25.7. The van der Waals surface area contributed by atoms with Crippen LogP contribution in [0.1, 0.15) is 20.8 Å². The standard InChI is InChI=1S/C27H21ClFN3O4/c1-35-24-10-9-22(32-26(24)16-6-8-21(29)20(28)12-16)23(33)15-31-27(34)17-5-7-19(25(13-17)36-2)18-4-3-11-30-14-18/h3-14H,15H2,1-2H3,(H,31,34). The number of Topliss-reactive ketones (excluding diaryl/α,β-unsaturated/α-hetero) is 1. The first-order chi connectivity index (χ1) is 17.4. The SMILES string of the molecule is COc1cc(C(=O)NCC(=O)c2ccc(OC)c(-c3ccc(F)c(Cl)c3)n2)ccc1-c1cccnc1. The number of ketones is 1. The molecule has 4 aromatic rings. The summed E-state index contributed by atoms with van der Waals surface area (Å²) in [6.07, 6.45) is 3.37. The first-order valence-electron chi connectivity index (χ1n) is 10.8. The summed E-state index contributed by atoms with van der Waals surface area (Å²) in [5, 5.41) is 2.54. The van der Waals surface area contributed by atoms with Crippen LogP contribution in [-0.4, -0.2) is 42.4 Å². The number of ether oxygens (including phenoxy) is 2. The van der Waals surface area contributed by atoms with Crippen LogP contribution in [0.15, 0.2) is 73.1 Å². The zero-order valence-electron chi connectivity index (χ0n) is 19.4. The Kier molecular flexibility index (Phi) is 7.56. The van der Waals surface area contributed by atoms with E-state index in [1.54, 1.807) is 36.7 Å². The van der Waals surface area contributed by atoms with Crippen LogP contribution in [0, 0.1) is 5.82 Å². The maximum atomic E-state index is 13.6. The first kappa shape index (κ1) is 24.8. The second-order valence-electron chi connectivity index (χ2n) is 7.64. The number of halogens is 2. The Labute approximate surface area is 211 Å². The minimum atomic E-state index is -0.570. The number of nitrogens with one attached hydrogen (secondary N) is 1. The summed E-state index contributed by atoms with van der Waals surface area (Å²) < 4.78 is 24.4. The molecule has 0 fully saturated rings. The van der Waals surface area contributed by atoms with Crippen molar-refractivity contribution in [1.29, 1.82) is 0 Å². The van der Waals surface area contributed by atoms with Gasteiger partial charge in [0.25, 0.3) is 5.91 Å². The van der Waals surface area contributed by atoms with Crippen LogP contribution in [0.3, 0.4) is 0 Å². The highest BCUT2D eigenvalue weighted by atomic mass is 35.5. The number of hydrogen-bond acceptors (Lipinski definition) is 6. The van der Waals surface area contributed by atoms with E-state index >= 15 is 0 Å². The summed E-state index contributed by atoms with van der Waals surface area (Å²) in [5.41, 5.74) is 2.88. The molecule has 2 aromatic carbocycles. The van der Waals surface area contributed by atoms with Gasteiger partial charge in [0.1, 0.15) is 28.7 Å². The minimum Gasteiger partial charge on any atom is -0.496 e. The maximum Gasteiger partial charge on any atom is 0.251 e. The van der Waals surface area contributed by atoms with Crippen LogP contribution in [0.5, 0.6) is 11.5 Å². The van der Waals surface area contributed by atoms with E-state index in [9.17, 15) is 14.0 Å². The molecule has 0 atom stereocenters. The lowest BCUT2D eigenvalue weighted by atomic mass is 10.0. The number of carbonyl (C=O) groups is 2. The van der Waals surface area contributed by atoms with Crippen LogP contribution >= 0.6 is 11.6 Å². The minimum absolute atomic E-state index is 0.0784. The second-order valence-corrected chi connectivity index (χ2v) is 8.05. The van der Waals surface area contributed by atoms with Crippen LogP contribution in [0.2, 0.25) is 5.02 Å². The van der Waals surface area contributed by atoms with E-state index in [0.717, 1.165) is 11.1 Å². The largest absolute Gasteiger partial charge is 0.496 e. The van der Waals surface area contributed by atoms with Gasteiger partial charge >= 0.3 is 0 Å². The summed E-state index contributed by atoms with van der Waals surface area (Å²) in [6, 6.07) is 15.9. The van der Waals surface area contributed by atoms with Gasteiger partial charge in [-0.3, -0.25) is 14.6 Å². The molecule has 2 heterocycles. The third kappa shape index (κ3) is 5.34. The van der Waals surface area contributed by atoms with Crippen LogP contribution in [-0.2, 0) is 0 Å². The number of pyridine rings is 2. The summed E-state index contributed by atoms with van der Waals surface area (Å²) in [5.74, 6) is -0.544. The highest BCUT2D eigenvalue weighted by Gasteiger charge is 2.17. The van der Waals surface area contributed by atoms with Crippen molar-refractivity contribution in [3.63, 3.8) is 0 Å². The van der Waals surface area contributed by atoms with Gasteiger partial charge in [0.2, 0.25) is 0 Å². The van der Waals surface area contributed by atoms with Crippen molar-refractivity contribution in [1.82, 2.24) is 15.3 Å². The normalized spacial score (nSPS) is 10.6. The Morgan fingerprint density at radius 1 is 0.972 bits per heavy atom. The van der Waals surface area contributed by atoms with E-state index in [1.807, 2.05) is 12.1 Å². The van der Waals surface area contributed by atoms with Crippen LogP contribution < -0.4 is 14.8 Å². The fourth-order valence-electron chi connectivity index (χ4n) is 3.56. The quantitative estimate of drug-likeness (QED) is 0.330. The third-order valence-electron chi connectivity index (χ3n) is 5.40. The molecule has 1 amide bonds. The number of methoxy groups -OCH3 is 2. The van der Waals surface area contributed by atoms with E-state index in [0.29, 0.717) is 28.3 Å². The predicted molar refractivity (Wildman–Crippen MR) is 134 cm³/mol. The lowest BCUT2D eigenvalue weighted by Gasteiger charge is -2.12. The predicted octanol–water partition coefficient (Wildman–Crippen LogP) is 5.23. The fraction of sp³-hybridized carbons (Fsp3) is 0.111. The van der Waals surface area contributed by atoms with Crippen LogP contribution in [0.4, 0.5) is 4.39 Å². The molecule has 0 unspecified atom stereocenters. The number of carbonyl (C=O) groups excluding carboxylic acids is 2. The van der Waals surface area contributed by atoms with Gasteiger partial charge in [-0.2, -0.15) is 0 Å². The van der Waals surface area contributed by atoms with Crippen molar-refractivity contribution in [3.05, 3.63) is 95.2 Å². The fourth-order valence-corrected chi connectivity index (χ4v) is 3.74. The molecular weight excluding hydrogens is 485 g/mol. The molecular formula is C27H21ClFN3O4. The van der Waals surface area contributed by atoms with Crippen molar-refractivity contribution in [3.8, 4) is 33.9 Å². The molecule has 0 saturated carbocycles. The summed E-state index contributed by atoms with van der Waals surface area (Å²) in [4.78, 5) is 34.0. The lowest BCUT2D eigenvalue weighted by Crippen LogP contribution is -2.30. The molecule has 9 heteroatoms. The molecule has 182 valence electrons. The second kappa shape index (κ2) is 11.0. The van der Waals surface area contributed by atoms with Gasteiger partial charge in [-0.05, 0) is 54.6 Å². The van der Waals surface area contributed by atoms with Gasteiger partial charge in [-0.15, -0.1) is 0 Å². The van der Waals surface area contributed by atoms with Gasteiger partial charge in [0.15, 0.2) is 5.78 Å². The van der Waals surface area contributed by atoms with Gasteiger partial charge < -0.3 is 14.8 Å². The van der Waals surface area contributed by atoms with Gasteiger partial charge in [-0.1, -0.05) is 17.7 Å². The number of amides is 1. The van der Waals surface area contributed by atoms with Crippen molar-refractivity contribution in [2.24, 2.45) is 0 Å². The van der Waals surface area contributed by atoms with Gasteiger partial charge in [0.05, 0.1) is 25.8 Å². The van der Waals surface area contributed by atoms with Crippen molar-refractivity contribution in [2.75, 3.05) is 20.8 Å². The molecule has 1 N–H and O–H groups in total. The van der Waals surface area contributed by atoms with Crippen molar-refractivity contribution < 1.29 is 23.5 Å². The molecule has 4 rings (SSSR count). The molecule has 0 bridgehead atoms. The molecule has 0 aliphatic heterocycles. The zero-order valence-corrected chi connectivity index (χ0v) is 20.2. The number of benzene rings is 2. The number of aromatic nitrogens is 2. The molecule has 0 saturated heterocycles. The third-order valence-corrected chi connectivity index (χ3v) is 5.69. The molecule has 0 aliphatic carbocycles. The van der Waals surface area contributed by atoms with E-state index in [2.05, 4.69) is 15.3 Å². The molecule has 0 spiro atoms. The molecule has 0 radical (unpaired) electrons. The number of hydrogen-bond donors (Lipinski definition) is 1. The Morgan fingerprint density at radius 3 is 2.47 bits per heavy atom. The topological polar surface area (TPSA) is 90.4 Å². The average Bonchev–Trinajstić information content (AvgIpc) is 2.92. The number of nitrogens with zero attached hydrogens (tertiary/aromatic N) is 2. The molecule has 0 aliphatic rings. The van der Waals surface area contributed by atoms with Gasteiger partial charge in [-0.25, -0.2) is 9.37 Å². The Hall–Kier alpha value is -4.30. The monoisotopic (exact) mass is 505 g/mol. The summed E-state index contributed by atoms with van der Waals surface area (Å²) in [7, 11) is 2.98. The lowest BCUT2D eigenvalue weighted by molar-refractivity contribution is 0.0902. The summed E-state index contributed by atoms with van der Waals surface area (Å²) >= 11 is 5.90. The Bertz CT molecular complexity index is 1430. The molecule has 36 heavy (non-hydrogen) atoms. The Balaban J connectivity index is 1.50. The van der Waals surface area contributed by atoms with Crippen molar-refractivity contribution >= 4 is 23.3 Å². The van der Waals surface area contributed by atoms with Gasteiger partial charge in [0, 0.05) is 34.6 Å². The smallest absolute Gasteiger partial charge is 0.251 e. The number of rotatable bonds is 8. The van der Waals surface area contributed by atoms with E-state index < -0.39 is 17.5 Å². The van der Waals surface area contributed by atoms with E-state index in [-0.39, 0.29) is 17.3 Å². The average molecular weight is 506 g/mol. The Morgan fingerprint density at radius 2 is 1.78 bits per heavy atom. The highest BCUT2D eigenvalue weighted by molar-refractivity contribution is 6.31.